The summed E-state index contributed by atoms with van der Waals surface area (Å²) in [5.41, 5.74) is 6.05. The predicted octanol–water partition coefficient (Wildman–Crippen LogP) is 1.86. The van der Waals surface area contributed by atoms with Gasteiger partial charge in [-0.1, -0.05) is 0 Å². The first kappa shape index (κ1) is 15.8. The highest BCUT2D eigenvalue weighted by molar-refractivity contribution is 9.10. The Balaban J connectivity index is 2.02. The van der Waals surface area contributed by atoms with E-state index in [9.17, 15) is 13.5 Å². The highest BCUT2D eigenvalue weighted by Crippen LogP contribution is 2.26. The van der Waals surface area contributed by atoms with Crippen molar-refractivity contribution in [2.24, 2.45) is 5.92 Å². The van der Waals surface area contributed by atoms with E-state index in [1.165, 1.54) is 6.07 Å². The van der Waals surface area contributed by atoms with Gasteiger partial charge in [0.1, 0.15) is 0 Å². The lowest BCUT2D eigenvalue weighted by Crippen LogP contribution is -2.32. The van der Waals surface area contributed by atoms with Gasteiger partial charge in [-0.2, -0.15) is 0 Å². The van der Waals surface area contributed by atoms with Gasteiger partial charge in [0.15, 0.2) is 0 Å². The molecule has 1 saturated carbocycles. The van der Waals surface area contributed by atoms with Crippen LogP contribution in [0.4, 0.5) is 5.69 Å². The van der Waals surface area contributed by atoms with Crippen LogP contribution in [-0.4, -0.2) is 26.2 Å². The van der Waals surface area contributed by atoms with Gasteiger partial charge in [-0.25, -0.2) is 13.1 Å². The zero-order valence-corrected chi connectivity index (χ0v) is 13.5. The van der Waals surface area contributed by atoms with Crippen molar-refractivity contribution in [3.05, 3.63) is 22.7 Å². The third-order valence-electron chi connectivity index (χ3n) is 3.62. The Morgan fingerprint density at radius 2 is 1.95 bits per heavy atom. The zero-order valence-electron chi connectivity index (χ0n) is 11.0. The highest BCUT2D eigenvalue weighted by Gasteiger charge is 2.23. The van der Waals surface area contributed by atoms with Crippen molar-refractivity contribution in [2.75, 3.05) is 12.3 Å². The molecule has 0 atom stereocenters. The average molecular weight is 363 g/mol. The minimum Gasteiger partial charge on any atom is -0.399 e. The fourth-order valence-corrected chi connectivity index (χ4v) is 4.49. The smallest absolute Gasteiger partial charge is 0.241 e. The normalized spacial score (nSPS) is 23.7. The van der Waals surface area contributed by atoms with Gasteiger partial charge in [-0.15, -0.1) is 0 Å². The van der Waals surface area contributed by atoms with Crippen LogP contribution < -0.4 is 10.5 Å². The summed E-state index contributed by atoms with van der Waals surface area (Å²) in [6.45, 7) is 0.399. The molecule has 112 valence electrons. The molecule has 4 N–H and O–H groups in total. The molecule has 0 aliphatic heterocycles. The SMILES string of the molecule is Nc1ccc(Br)c(S(=O)(=O)NCC2CCC(O)CC2)c1. The van der Waals surface area contributed by atoms with Crippen LogP contribution in [-0.2, 0) is 10.0 Å². The fraction of sp³-hybridized carbons (Fsp3) is 0.538. The Bertz CT molecular complexity index is 569. The van der Waals surface area contributed by atoms with Crippen LogP contribution in [0.25, 0.3) is 0 Å². The molecule has 0 radical (unpaired) electrons. The van der Waals surface area contributed by atoms with Gasteiger partial charge in [0.2, 0.25) is 10.0 Å². The summed E-state index contributed by atoms with van der Waals surface area (Å²) in [4.78, 5) is 0.161. The highest BCUT2D eigenvalue weighted by atomic mass is 79.9. The molecule has 1 aromatic rings. The van der Waals surface area contributed by atoms with Crippen molar-refractivity contribution < 1.29 is 13.5 Å². The molecule has 7 heteroatoms. The maximum atomic E-state index is 12.3. The maximum absolute atomic E-state index is 12.3. The number of aliphatic hydroxyl groups excluding tert-OH is 1. The van der Waals surface area contributed by atoms with Gasteiger partial charge >= 0.3 is 0 Å². The number of aliphatic hydroxyl groups is 1. The topological polar surface area (TPSA) is 92.4 Å². The Morgan fingerprint density at radius 3 is 2.60 bits per heavy atom. The molecule has 5 nitrogen and oxygen atoms in total. The molecule has 1 aromatic carbocycles. The first-order valence-electron chi connectivity index (χ1n) is 6.61. The number of nitrogen functional groups attached to an aromatic ring is 1. The standard InChI is InChI=1S/C13H19BrN2O3S/c14-12-6-3-10(15)7-13(12)20(18,19)16-8-9-1-4-11(17)5-2-9/h3,6-7,9,11,16-17H,1-2,4-5,8,15H2. The van der Waals surface area contributed by atoms with E-state index in [-0.39, 0.29) is 16.9 Å². The number of halogens is 1. The second-order valence-corrected chi connectivity index (χ2v) is 7.81. The van der Waals surface area contributed by atoms with Gasteiger partial charge in [0.25, 0.3) is 0 Å². The number of nitrogens with one attached hydrogen (secondary N) is 1. The van der Waals surface area contributed by atoms with Crippen molar-refractivity contribution in [1.29, 1.82) is 0 Å². The van der Waals surface area contributed by atoms with E-state index in [2.05, 4.69) is 20.7 Å². The molecule has 0 bridgehead atoms. The lowest BCUT2D eigenvalue weighted by molar-refractivity contribution is 0.109. The molecule has 0 heterocycles. The molecule has 0 saturated heterocycles. The Hall–Kier alpha value is -0.630. The minimum absolute atomic E-state index is 0.161. The second-order valence-electron chi connectivity index (χ2n) is 5.22. The summed E-state index contributed by atoms with van der Waals surface area (Å²) < 4.78 is 27.7. The van der Waals surface area contributed by atoms with Crippen molar-refractivity contribution in [3.8, 4) is 0 Å². The van der Waals surface area contributed by atoms with Crippen molar-refractivity contribution in [1.82, 2.24) is 4.72 Å². The molecule has 20 heavy (non-hydrogen) atoms. The number of hydrogen-bond acceptors (Lipinski definition) is 4. The molecule has 1 aliphatic rings. The summed E-state index contributed by atoms with van der Waals surface area (Å²) in [7, 11) is -3.57. The first-order valence-corrected chi connectivity index (χ1v) is 8.89. The molecule has 2 rings (SSSR count). The molecule has 0 spiro atoms. The summed E-state index contributed by atoms with van der Waals surface area (Å²) in [6, 6.07) is 4.71. The van der Waals surface area contributed by atoms with Crippen LogP contribution in [0.15, 0.2) is 27.6 Å². The Morgan fingerprint density at radius 1 is 1.30 bits per heavy atom. The van der Waals surface area contributed by atoms with Gasteiger partial charge in [-0.3, -0.25) is 0 Å². The minimum atomic E-state index is -3.57. The van der Waals surface area contributed by atoms with Gasteiger partial charge in [0.05, 0.1) is 11.0 Å². The fourth-order valence-electron chi connectivity index (χ4n) is 2.38. The van der Waals surface area contributed by atoms with Crippen LogP contribution >= 0.6 is 15.9 Å². The summed E-state index contributed by atoms with van der Waals surface area (Å²) in [6.07, 6.45) is 2.96. The largest absolute Gasteiger partial charge is 0.399 e. The van der Waals surface area contributed by atoms with Gasteiger partial charge in [-0.05, 0) is 65.7 Å². The summed E-state index contributed by atoms with van der Waals surface area (Å²) in [5.74, 6) is 0.285. The van der Waals surface area contributed by atoms with E-state index >= 15 is 0 Å². The lowest BCUT2D eigenvalue weighted by atomic mass is 9.88. The number of hydrogen-bond donors (Lipinski definition) is 3. The van der Waals surface area contributed by atoms with E-state index in [0.29, 0.717) is 16.7 Å². The number of benzene rings is 1. The molecule has 1 fully saturated rings. The predicted molar refractivity (Wildman–Crippen MR) is 81.7 cm³/mol. The molecule has 1 aliphatic carbocycles. The Kier molecular flexibility index (Phi) is 5.06. The molecular formula is C13H19BrN2O3S. The lowest BCUT2D eigenvalue weighted by Gasteiger charge is -2.25. The second kappa shape index (κ2) is 6.43. The molecular weight excluding hydrogens is 344 g/mol. The zero-order chi connectivity index (χ0) is 14.8. The van der Waals surface area contributed by atoms with Gasteiger partial charge < -0.3 is 10.8 Å². The van der Waals surface area contributed by atoms with Crippen LogP contribution in [0.1, 0.15) is 25.7 Å². The first-order chi connectivity index (χ1) is 9.38. The number of rotatable bonds is 4. The Labute approximate surface area is 127 Å². The molecule has 0 aromatic heterocycles. The van der Waals surface area contributed by atoms with Gasteiger partial charge in [0, 0.05) is 16.7 Å². The van der Waals surface area contributed by atoms with Crippen LogP contribution in [0, 0.1) is 5.92 Å². The molecule has 0 unspecified atom stereocenters. The number of anilines is 1. The molecule has 0 amide bonds. The van der Waals surface area contributed by atoms with E-state index in [1.807, 2.05) is 0 Å². The van der Waals surface area contributed by atoms with Crippen LogP contribution in [0.5, 0.6) is 0 Å². The monoisotopic (exact) mass is 362 g/mol. The number of sulfonamides is 1. The summed E-state index contributed by atoms with van der Waals surface area (Å²) >= 11 is 3.23. The van der Waals surface area contributed by atoms with Crippen molar-refractivity contribution >= 4 is 31.6 Å². The van der Waals surface area contributed by atoms with Crippen molar-refractivity contribution in [3.63, 3.8) is 0 Å². The van der Waals surface area contributed by atoms with Crippen LogP contribution in [0.3, 0.4) is 0 Å². The van der Waals surface area contributed by atoms with E-state index in [1.54, 1.807) is 12.1 Å². The van der Waals surface area contributed by atoms with E-state index in [0.717, 1.165) is 25.7 Å². The summed E-state index contributed by atoms with van der Waals surface area (Å²) in [5, 5.41) is 9.44. The third-order valence-corrected chi connectivity index (χ3v) is 6.04. The van der Waals surface area contributed by atoms with Crippen LogP contribution in [0.2, 0.25) is 0 Å². The van der Waals surface area contributed by atoms with E-state index < -0.39 is 10.0 Å². The third kappa shape index (κ3) is 3.94. The average Bonchev–Trinajstić information content (AvgIpc) is 2.41. The maximum Gasteiger partial charge on any atom is 0.241 e. The van der Waals surface area contributed by atoms with Crippen molar-refractivity contribution in [2.45, 2.75) is 36.7 Å². The number of nitrogens with two attached hydrogens (primary N) is 1. The quantitative estimate of drug-likeness (QED) is 0.712. The van der Waals surface area contributed by atoms with E-state index in [4.69, 9.17) is 5.73 Å².